The molecule has 4 atom stereocenters. The number of aliphatic carboxylic acids is 1. The second kappa shape index (κ2) is 15.2. The zero-order valence-electron chi connectivity index (χ0n) is 23.0. The van der Waals surface area contributed by atoms with Crippen molar-refractivity contribution in [3.8, 4) is 0 Å². The van der Waals surface area contributed by atoms with E-state index in [0.717, 1.165) is 26.7 Å². The number of amides is 4. The van der Waals surface area contributed by atoms with Crippen LogP contribution in [0.15, 0.2) is 39.1 Å². The summed E-state index contributed by atoms with van der Waals surface area (Å²) in [7, 11) is 0. The maximum Gasteiger partial charge on any atom is 0.353 e. The van der Waals surface area contributed by atoms with E-state index < -0.39 is 53.1 Å². The lowest BCUT2D eigenvalue weighted by atomic mass is 10.0. The molecule has 2 aromatic rings. The molecule has 0 aliphatic carbocycles. The van der Waals surface area contributed by atoms with Gasteiger partial charge in [0.1, 0.15) is 27.1 Å². The molecule has 2 aromatic heterocycles. The van der Waals surface area contributed by atoms with Crippen LogP contribution in [0.2, 0.25) is 4.34 Å². The number of halogens is 1. The van der Waals surface area contributed by atoms with E-state index in [4.69, 9.17) is 28.8 Å². The fourth-order valence-corrected chi connectivity index (χ4v) is 8.72. The number of carboxylic acids is 1. The summed E-state index contributed by atoms with van der Waals surface area (Å²) in [5.74, 6) is -2.80. The fourth-order valence-electron chi connectivity index (χ4n) is 4.25. The second-order valence-electron chi connectivity index (χ2n) is 9.40. The van der Waals surface area contributed by atoms with Crippen molar-refractivity contribution in [1.29, 1.82) is 0 Å². The standard InChI is InChI=1S/C24H26ClN9O7S4/c25-18-14(32-24(28)45-18)15(33-41)20(37)31-16-21(38)34-17(23(39)40)12(8-43-22(16)34)44-11-1-2-29-6-9(11)7-42-4-3-30-19(36)10(26)5-13(27)35/h1-2,6,10,15-16,22H,3-5,7-8,26H2,(H2,27,35)(H2,28,32)(H,30,36)(H,31,37)(H,39,40)/t10-,15?,16+,22-/m0/s1. The van der Waals surface area contributed by atoms with Gasteiger partial charge in [-0.15, -0.1) is 16.7 Å². The van der Waals surface area contributed by atoms with Crippen LogP contribution in [0.4, 0.5) is 5.13 Å². The van der Waals surface area contributed by atoms with Crippen molar-refractivity contribution >= 4 is 93.0 Å². The van der Waals surface area contributed by atoms with Gasteiger partial charge in [0.25, 0.3) is 11.8 Å². The number of carbonyl (C=O) groups excluding carboxylic acids is 4. The summed E-state index contributed by atoms with van der Waals surface area (Å²) in [4.78, 5) is 82.9. The Balaban J connectivity index is 1.39. The van der Waals surface area contributed by atoms with Gasteiger partial charge in [0.05, 0.1) is 12.5 Å². The van der Waals surface area contributed by atoms with Gasteiger partial charge in [0.2, 0.25) is 17.9 Å². The fraction of sp³-hybridized carbons (Fsp3) is 0.375. The minimum atomic E-state index is -1.64. The monoisotopic (exact) mass is 715 g/mol. The molecular weight excluding hydrogens is 690 g/mol. The van der Waals surface area contributed by atoms with Gasteiger partial charge in [-0.3, -0.25) is 29.1 Å². The summed E-state index contributed by atoms with van der Waals surface area (Å²) in [6, 6.07) is -2.02. The van der Waals surface area contributed by atoms with E-state index in [-0.39, 0.29) is 33.0 Å². The topological polar surface area (TPSA) is 266 Å². The van der Waals surface area contributed by atoms with Gasteiger partial charge in [-0.25, -0.2) is 9.78 Å². The van der Waals surface area contributed by atoms with E-state index in [1.807, 2.05) is 0 Å². The van der Waals surface area contributed by atoms with Crippen LogP contribution in [-0.4, -0.2) is 85.1 Å². The Labute approximate surface area is 277 Å². The summed E-state index contributed by atoms with van der Waals surface area (Å²) in [5.41, 5.74) is 16.8. The number of carbonyl (C=O) groups is 5. The van der Waals surface area contributed by atoms with E-state index in [1.165, 1.54) is 35.3 Å². The number of nitroso groups, excluding NO2 is 1. The Morgan fingerprint density at radius 1 is 1.29 bits per heavy atom. The van der Waals surface area contributed by atoms with Gasteiger partial charge in [-0.05, 0) is 16.8 Å². The number of carboxylic acid groups (broad SMARTS) is 1. The second-order valence-corrected chi connectivity index (χ2v) is 14.4. The average molecular weight is 716 g/mol. The minimum Gasteiger partial charge on any atom is -0.477 e. The quantitative estimate of drug-likeness (QED) is 0.0839. The molecule has 1 unspecified atom stereocenters. The molecule has 0 bridgehead atoms. The molecule has 4 amide bonds. The number of rotatable bonds is 15. The van der Waals surface area contributed by atoms with E-state index in [9.17, 15) is 34.0 Å². The number of hydrogen-bond donors (Lipinski definition) is 6. The number of thiazole rings is 1. The van der Waals surface area contributed by atoms with Gasteiger partial charge in [0, 0.05) is 46.0 Å². The molecular formula is C24H26ClN9O7S4. The molecule has 16 nitrogen and oxygen atoms in total. The number of hydrogen-bond acceptors (Lipinski definition) is 15. The number of nitrogens with zero attached hydrogens (tertiary/aromatic N) is 4. The number of nitrogens with two attached hydrogens (primary N) is 3. The van der Waals surface area contributed by atoms with Crippen LogP contribution in [-0.2, 0) is 29.7 Å². The molecule has 4 rings (SSSR count). The Morgan fingerprint density at radius 2 is 2.04 bits per heavy atom. The van der Waals surface area contributed by atoms with Crippen LogP contribution >= 0.6 is 58.2 Å². The first kappa shape index (κ1) is 34.4. The van der Waals surface area contributed by atoms with Crippen molar-refractivity contribution in [3.63, 3.8) is 0 Å². The molecule has 0 spiro atoms. The first-order valence-corrected chi connectivity index (χ1v) is 17.1. The third-order valence-electron chi connectivity index (χ3n) is 6.33. The highest BCUT2D eigenvalue weighted by Gasteiger charge is 2.55. The van der Waals surface area contributed by atoms with E-state index in [2.05, 4.69) is 25.8 Å². The summed E-state index contributed by atoms with van der Waals surface area (Å²) in [6.07, 6.45) is 2.96. The zero-order valence-corrected chi connectivity index (χ0v) is 27.0. The molecule has 45 heavy (non-hydrogen) atoms. The highest BCUT2D eigenvalue weighted by molar-refractivity contribution is 8.06. The third-order valence-corrected chi connectivity index (χ3v) is 11.1. The van der Waals surface area contributed by atoms with Gasteiger partial charge >= 0.3 is 5.97 Å². The molecule has 2 aliphatic heterocycles. The summed E-state index contributed by atoms with van der Waals surface area (Å²) >= 11 is 10.8. The number of pyridine rings is 1. The molecule has 9 N–H and O–H groups in total. The predicted octanol–water partition coefficient (Wildman–Crippen LogP) is 0.622. The highest BCUT2D eigenvalue weighted by atomic mass is 35.5. The number of anilines is 1. The molecule has 0 aromatic carbocycles. The van der Waals surface area contributed by atoms with Gasteiger partial charge in [-0.2, -0.15) is 11.8 Å². The SMILES string of the molecule is NC(=O)C[C@H](N)C(=O)NCCSCc1cnccc1SC1=C(C(=O)O)N2C(=O)[C@@H](NC(=O)C(N=O)c3nc(N)sc3Cl)[C@@H]2SC1. The summed E-state index contributed by atoms with van der Waals surface area (Å²) < 4.78 is 0.0149. The minimum absolute atomic E-state index is 0.0149. The number of primary amides is 1. The smallest absolute Gasteiger partial charge is 0.353 e. The first-order chi connectivity index (χ1) is 21.4. The molecule has 0 radical (unpaired) electrons. The lowest BCUT2D eigenvalue weighted by molar-refractivity contribution is -0.150. The van der Waals surface area contributed by atoms with Crippen LogP contribution in [0.3, 0.4) is 0 Å². The summed E-state index contributed by atoms with van der Waals surface area (Å²) in [6.45, 7) is 0.300. The van der Waals surface area contributed by atoms with Gasteiger partial charge in [-0.1, -0.05) is 34.7 Å². The Kier molecular flexibility index (Phi) is 11.7. The third kappa shape index (κ3) is 8.05. The first-order valence-electron chi connectivity index (χ1n) is 12.9. The van der Waals surface area contributed by atoms with Crippen LogP contribution in [0.1, 0.15) is 23.7 Å². The number of thioether (sulfide) groups is 3. The number of fused-ring (bicyclic) bond motifs is 1. The van der Waals surface area contributed by atoms with Crippen molar-refractivity contribution in [2.45, 2.75) is 40.6 Å². The predicted molar refractivity (Wildman–Crippen MR) is 171 cm³/mol. The number of nitrogens with one attached hydrogen (secondary N) is 2. The number of nitrogen functional groups attached to an aromatic ring is 1. The molecule has 0 saturated carbocycles. The van der Waals surface area contributed by atoms with Crippen molar-refractivity contribution in [2.24, 2.45) is 16.6 Å². The van der Waals surface area contributed by atoms with Gasteiger partial charge < -0.3 is 32.9 Å². The maximum atomic E-state index is 13.1. The average Bonchev–Trinajstić information content (AvgIpc) is 3.32. The van der Waals surface area contributed by atoms with Crippen LogP contribution in [0.25, 0.3) is 0 Å². The van der Waals surface area contributed by atoms with E-state index >= 15 is 0 Å². The lowest BCUT2D eigenvalue weighted by Gasteiger charge is -2.49. The molecule has 21 heteroatoms. The zero-order chi connectivity index (χ0) is 32.8. The van der Waals surface area contributed by atoms with Crippen molar-refractivity contribution < 1.29 is 29.1 Å². The van der Waals surface area contributed by atoms with Crippen molar-refractivity contribution in [2.75, 3.05) is 23.8 Å². The van der Waals surface area contributed by atoms with Crippen molar-refractivity contribution in [1.82, 2.24) is 25.5 Å². The Hall–Kier alpha value is -3.43. The van der Waals surface area contributed by atoms with Crippen LogP contribution in [0, 0.1) is 4.91 Å². The molecule has 240 valence electrons. The van der Waals surface area contributed by atoms with Crippen LogP contribution in [0.5, 0.6) is 0 Å². The molecule has 1 fully saturated rings. The van der Waals surface area contributed by atoms with E-state index in [0.29, 0.717) is 23.0 Å². The van der Waals surface area contributed by atoms with Crippen LogP contribution < -0.4 is 27.8 Å². The molecule has 4 heterocycles. The number of β-lactam (4-membered cyclic amide) rings is 1. The number of aromatic nitrogens is 2. The lowest BCUT2D eigenvalue weighted by Crippen LogP contribution is -2.70. The normalized spacial score (nSPS) is 18.8. The Morgan fingerprint density at radius 3 is 2.69 bits per heavy atom. The molecule has 2 aliphatic rings. The van der Waals surface area contributed by atoms with E-state index in [1.54, 1.807) is 18.5 Å². The molecule has 1 saturated heterocycles. The largest absolute Gasteiger partial charge is 0.477 e. The van der Waals surface area contributed by atoms with Crippen molar-refractivity contribution in [3.05, 3.63) is 49.6 Å². The maximum absolute atomic E-state index is 13.1. The van der Waals surface area contributed by atoms with Gasteiger partial charge in [0.15, 0.2) is 5.13 Å². The Bertz CT molecular complexity index is 1560. The highest BCUT2D eigenvalue weighted by Crippen LogP contribution is 2.46. The summed E-state index contributed by atoms with van der Waals surface area (Å²) in [5, 5.41) is 17.3.